The monoisotopic (exact) mass is 435 g/mol. The number of anilines is 1. The Bertz CT molecular complexity index is 1130. The fourth-order valence-electron chi connectivity index (χ4n) is 2.87. The number of carbonyl (C=O) groups is 1. The largest absolute Gasteiger partial charge is 0.493 e. The molecule has 0 saturated heterocycles. The maximum atomic E-state index is 12.5. The van der Waals surface area contributed by atoms with Gasteiger partial charge in [-0.25, -0.2) is 9.97 Å². The van der Waals surface area contributed by atoms with Crippen LogP contribution in [0.5, 0.6) is 5.75 Å². The predicted molar refractivity (Wildman–Crippen MR) is 116 cm³/mol. The Morgan fingerprint density at radius 2 is 2.10 bits per heavy atom. The standard InChI is InChI=1S/C21H21N7O2S/c1-28-9-7-18(27-28)25-19(29)12-16-11-17(30-10-8-15-5-3-2-4-6-15)13-20(24-16)31-21-22-14-23-26-21/h2-7,9,11,13-14H,8,10,12H2,1H3,(H,22,23,26)(H,25,27,29). The van der Waals surface area contributed by atoms with E-state index in [0.29, 0.717) is 34.1 Å². The molecule has 4 rings (SSSR count). The fourth-order valence-corrected chi connectivity index (χ4v) is 3.60. The molecule has 0 aliphatic heterocycles. The second-order valence-corrected chi connectivity index (χ2v) is 7.72. The van der Waals surface area contributed by atoms with Crippen molar-refractivity contribution in [3.8, 4) is 5.75 Å². The average Bonchev–Trinajstić information content (AvgIpc) is 3.40. The van der Waals surface area contributed by atoms with Gasteiger partial charge >= 0.3 is 0 Å². The van der Waals surface area contributed by atoms with E-state index in [4.69, 9.17) is 4.74 Å². The van der Waals surface area contributed by atoms with Gasteiger partial charge in [0.2, 0.25) is 5.91 Å². The van der Waals surface area contributed by atoms with Crippen molar-refractivity contribution in [2.24, 2.45) is 7.05 Å². The SMILES string of the molecule is Cn1ccc(NC(=O)Cc2cc(OCCc3ccccc3)cc(Sc3ncn[nH]3)n2)n1. The van der Waals surface area contributed by atoms with E-state index in [1.54, 1.807) is 30.1 Å². The molecule has 4 aromatic rings. The van der Waals surface area contributed by atoms with Crippen LogP contribution < -0.4 is 10.1 Å². The van der Waals surface area contributed by atoms with E-state index in [9.17, 15) is 4.79 Å². The van der Waals surface area contributed by atoms with Crippen LogP contribution in [0, 0.1) is 0 Å². The van der Waals surface area contributed by atoms with Crippen molar-refractivity contribution < 1.29 is 9.53 Å². The van der Waals surface area contributed by atoms with E-state index in [0.717, 1.165) is 6.42 Å². The summed E-state index contributed by atoms with van der Waals surface area (Å²) in [5.41, 5.74) is 1.79. The molecule has 0 aliphatic rings. The molecule has 0 aliphatic carbocycles. The fraction of sp³-hybridized carbons (Fsp3) is 0.190. The smallest absolute Gasteiger partial charge is 0.231 e. The number of nitrogens with one attached hydrogen (secondary N) is 2. The lowest BCUT2D eigenvalue weighted by Gasteiger charge is -2.10. The van der Waals surface area contributed by atoms with Gasteiger partial charge in [-0.05, 0) is 17.3 Å². The third kappa shape index (κ3) is 6.16. The zero-order valence-electron chi connectivity index (χ0n) is 16.9. The number of pyridine rings is 1. The number of aromatic amines is 1. The van der Waals surface area contributed by atoms with Crippen molar-refractivity contribution in [1.29, 1.82) is 0 Å². The van der Waals surface area contributed by atoms with E-state index in [1.165, 1.54) is 23.7 Å². The van der Waals surface area contributed by atoms with Crippen LogP contribution in [0.3, 0.4) is 0 Å². The lowest BCUT2D eigenvalue weighted by atomic mass is 10.2. The van der Waals surface area contributed by atoms with Crippen LogP contribution in [-0.4, -0.2) is 42.5 Å². The third-order valence-corrected chi connectivity index (χ3v) is 5.06. The number of hydrogen-bond acceptors (Lipinski definition) is 7. The van der Waals surface area contributed by atoms with Crippen LogP contribution in [0.15, 0.2) is 71.2 Å². The van der Waals surface area contributed by atoms with E-state index in [2.05, 4.69) is 42.7 Å². The van der Waals surface area contributed by atoms with Crippen molar-refractivity contribution in [3.63, 3.8) is 0 Å². The molecule has 0 saturated carbocycles. The zero-order chi connectivity index (χ0) is 21.5. The van der Waals surface area contributed by atoms with E-state index in [1.807, 2.05) is 24.3 Å². The van der Waals surface area contributed by atoms with Crippen molar-refractivity contribution in [2.45, 2.75) is 23.0 Å². The molecule has 0 bridgehead atoms. The third-order valence-electron chi connectivity index (χ3n) is 4.25. The average molecular weight is 436 g/mol. The van der Waals surface area contributed by atoms with Crippen LogP contribution in [0.2, 0.25) is 0 Å². The Kier molecular flexibility index (Phi) is 6.58. The van der Waals surface area contributed by atoms with Gasteiger partial charge in [0.05, 0.1) is 18.7 Å². The molecule has 1 amide bonds. The highest BCUT2D eigenvalue weighted by Crippen LogP contribution is 2.27. The highest BCUT2D eigenvalue weighted by atomic mass is 32.2. The zero-order valence-corrected chi connectivity index (χ0v) is 17.7. The maximum absolute atomic E-state index is 12.5. The molecule has 0 atom stereocenters. The minimum atomic E-state index is -0.205. The number of amides is 1. The number of hydrogen-bond donors (Lipinski definition) is 2. The summed E-state index contributed by atoms with van der Waals surface area (Å²) in [6.07, 6.45) is 4.07. The molecule has 0 unspecified atom stereocenters. The van der Waals surface area contributed by atoms with Gasteiger partial charge < -0.3 is 10.1 Å². The first-order valence-electron chi connectivity index (χ1n) is 9.64. The normalized spacial score (nSPS) is 10.7. The van der Waals surface area contributed by atoms with Crippen LogP contribution >= 0.6 is 11.8 Å². The summed E-state index contributed by atoms with van der Waals surface area (Å²) in [7, 11) is 1.79. The molecule has 1 aromatic carbocycles. The molecule has 158 valence electrons. The first kappa shape index (κ1) is 20.6. The molecular weight excluding hydrogens is 414 g/mol. The summed E-state index contributed by atoms with van der Waals surface area (Å²) in [5.74, 6) is 0.941. The number of ether oxygens (including phenoxy) is 1. The quantitative estimate of drug-likeness (QED) is 0.416. The van der Waals surface area contributed by atoms with Crippen molar-refractivity contribution in [2.75, 3.05) is 11.9 Å². The molecule has 0 fully saturated rings. The van der Waals surface area contributed by atoms with Gasteiger partial charge in [-0.1, -0.05) is 30.3 Å². The van der Waals surface area contributed by atoms with Crippen LogP contribution in [0.1, 0.15) is 11.3 Å². The highest BCUT2D eigenvalue weighted by molar-refractivity contribution is 7.99. The minimum absolute atomic E-state index is 0.0937. The van der Waals surface area contributed by atoms with Gasteiger partial charge in [0.1, 0.15) is 17.1 Å². The minimum Gasteiger partial charge on any atom is -0.493 e. The maximum Gasteiger partial charge on any atom is 0.231 e. The summed E-state index contributed by atoms with van der Waals surface area (Å²) in [5, 5.41) is 14.9. The Hall–Kier alpha value is -3.66. The van der Waals surface area contributed by atoms with Crippen LogP contribution in [0.4, 0.5) is 5.82 Å². The molecule has 10 heteroatoms. The van der Waals surface area contributed by atoms with Gasteiger partial charge in [0, 0.05) is 37.9 Å². The molecular formula is C21H21N7O2S. The second-order valence-electron chi connectivity index (χ2n) is 6.71. The number of benzene rings is 1. The Morgan fingerprint density at radius 1 is 1.23 bits per heavy atom. The van der Waals surface area contributed by atoms with Crippen LogP contribution in [0.25, 0.3) is 0 Å². The number of rotatable bonds is 9. The summed E-state index contributed by atoms with van der Waals surface area (Å²) in [6.45, 7) is 0.514. The van der Waals surface area contributed by atoms with Crippen molar-refractivity contribution in [1.82, 2.24) is 29.9 Å². The van der Waals surface area contributed by atoms with Gasteiger partial charge in [0.15, 0.2) is 11.0 Å². The highest BCUT2D eigenvalue weighted by Gasteiger charge is 2.12. The Labute approximate surface area is 183 Å². The van der Waals surface area contributed by atoms with Crippen molar-refractivity contribution in [3.05, 3.63) is 72.3 Å². The molecule has 2 N–H and O–H groups in total. The molecule has 9 nitrogen and oxygen atoms in total. The number of nitrogens with zero attached hydrogens (tertiary/aromatic N) is 5. The number of carbonyl (C=O) groups excluding carboxylic acids is 1. The van der Waals surface area contributed by atoms with Gasteiger partial charge in [0.25, 0.3) is 0 Å². The Balaban J connectivity index is 1.46. The number of aromatic nitrogens is 6. The summed E-state index contributed by atoms with van der Waals surface area (Å²) in [4.78, 5) is 21.1. The number of aryl methyl sites for hydroxylation is 1. The topological polar surface area (TPSA) is 111 Å². The Morgan fingerprint density at radius 3 is 2.84 bits per heavy atom. The number of H-pyrrole nitrogens is 1. The summed E-state index contributed by atoms with van der Waals surface area (Å²) >= 11 is 1.32. The molecule has 3 aromatic heterocycles. The first-order chi connectivity index (χ1) is 15.1. The van der Waals surface area contributed by atoms with Gasteiger partial charge in [-0.3, -0.25) is 14.6 Å². The molecule has 0 spiro atoms. The van der Waals surface area contributed by atoms with Gasteiger partial charge in [-0.2, -0.15) is 10.2 Å². The van der Waals surface area contributed by atoms with E-state index >= 15 is 0 Å². The lowest BCUT2D eigenvalue weighted by molar-refractivity contribution is -0.115. The summed E-state index contributed by atoms with van der Waals surface area (Å²) in [6, 6.07) is 15.5. The summed E-state index contributed by atoms with van der Waals surface area (Å²) < 4.78 is 7.59. The lowest BCUT2D eigenvalue weighted by Crippen LogP contribution is -2.16. The van der Waals surface area contributed by atoms with Crippen molar-refractivity contribution >= 4 is 23.5 Å². The van der Waals surface area contributed by atoms with Gasteiger partial charge in [-0.15, -0.1) is 0 Å². The molecule has 0 radical (unpaired) electrons. The van der Waals surface area contributed by atoms with Crippen LogP contribution in [-0.2, 0) is 24.7 Å². The van der Waals surface area contributed by atoms with E-state index < -0.39 is 0 Å². The predicted octanol–water partition coefficient (Wildman–Crippen LogP) is 2.89. The first-order valence-corrected chi connectivity index (χ1v) is 10.5. The van der Waals surface area contributed by atoms with E-state index in [-0.39, 0.29) is 12.3 Å². The molecule has 3 heterocycles. The molecule has 31 heavy (non-hydrogen) atoms. The second kappa shape index (κ2) is 9.90.